The Morgan fingerprint density at radius 3 is 2.59 bits per heavy atom. The number of benzene rings is 1. The second-order valence-electron chi connectivity index (χ2n) is 7.68. The van der Waals surface area contributed by atoms with Gasteiger partial charge in [-0.25, -0.2) is 0 Å². The molecular weight excluding hydrogens is 428 g/mol. The molecule has 11 heteroatoms. The summed E-state index contributed by atoms with van der Waals surface area (Å²) in [6, 6.07) is 2.43. The van der Waals surface area contributed by atoms with Gasteiger partial charge in [0, 0.05) is 17.7 Å². The number of rotatable bonds is 5. The fourth-order valence-corrected chi connectivity index (χ4v) is 3.76. The molecule has 5 atom stereocenters. The largest absolute Gasteiger partial charge is 0.507 e. The van der Waals surface area contributed by atoms with Crippen molar-refractivity contribution in [3.05, 3.63) is 45.3 Å². The molecule has 6 N–H and O–H groups in total. The number of allylic oxidation sites excluding steroid dienone is 1. The predicted octanol–water partition coefficient (Wildman–Crippen LogP) is -1.33. The Bertz CT molecular complexity index is 1070. The van der Waals surface area contributed by atoms with Gasteiger partial charge in [0.05, 0.1) is 13.2 Å². The second-order valence-corrected chi connectivity index (χ2v) is 7.68. The normalized spacial score (nSPS) is 28.0. The van der Waals surface area contributed by atoms with E-state index in [1.807, 2.05) is 0 Å². The van der Waals surface area contributed by atoms with Gasteiger partial charge in [0.15, 0.2) is 11.7 Å². The van der Waals surface area contributed by atoms with E-state index in [4.69, 9.17) is 18.6 Å². The minimum Gasteiger partial charge on any atom is -0.507 e. The quantitative estimate of drug-likeness (QED) is 0.296. The molecule has 11 nitrogen and oxygen atoms in total. The summed E-state index contributed by atoms with van der Waals surface area (Å²) in [6.45, 7) is -1.06. The van der Waals surface area contributed by atoms with Gasteiger partial charge in [-0.05, 0) is 12.0 Å². The number of ether oxygens (including phenoxy) is 3. The van der Waals surface area contributed by atoms with Crippen molar-refractivity contribution in [1.29, 1.82) is 0 Å². The zero-order chi connectivity index (χ0) is 23.0. The summed E-state index contributed by atoms with van der Waals surface area (Å²) in [7, 11) is 0. The molecule has 174 valence electrons. The van der Waals surface area contributed by atoms with Gasteiger partial charge >= 0.3 is 0 Å². The van der Waals surface area contributed by atoms with Crippen molar-refractivity contribution in [2.45, 2.75) is 43.7 Å². The lowest BCUT2D eigenvalue weighted by molar-refractivity contribution is -0.299. The average Bonchev–Trinajstić information content (AvgIpc) is 2.99. The van der Waals surface area contributed by atoms with Gasteiger partial charge in [0.2, 0.25) is 0 Å². The Morgan fingerprint density at radius 2 is 1.88 bits per heavy atom. The number of fused-ring (bicyclic) bond motifs is 3. The Balaban J connectivity index is 1.54. The lowest BCUT2D eigenvalue weighted by Gasteiger charge is -2.39. The SMILES string of the molecule is O=c1cc(CO)oc2c3c(cc(O)c12)OCC(CO[C@H]1O[C@@H](CO)[C@@H](O)[C@@H](O)[C@@H]1O)=CC3. The molecule has 0 spiro atoms. The van der Waals surface area contributed by atoms with Gasteiger partial charge in [0.25, 0.3) is 0 Å². The number of aliphatic hydroxyl groups is 5. The molecule has 0 aliphatic carbocycles. The van der Waals surface area contributed by atoms with Gasteiger partial charge in [-0.15, -0.1) is 0 Å². The van der Waals surface area contributed by atoms with E-state index in [2.05, 4.69) is 0 Å². The third-order valence-electron chi connectivity index (χ3n) is 5.54. The van der Waals surface area contributed by atoms with Crippen molar-refractivity contribution in [3.8, 4) is 11.5 Å². The van der Waals surface area contributed by atoms with Crippen LogP contribution in [0.5, 0.6) is 11.5 Å². The first-order valence-corrected chi connectivity index (χ1v) is 9.99. The van der Waals surface area contributed by atoms with Crippen molar-refractivity contribution >= 4 is 11.0 Å². The third kappa shape index (κ3) is 4.11. The van der Waals surface area contributed by atoms with Crippen molar-refractivity contribution in [2.24, 2.45) is 0 Å². The summed E-state index contributed by atoms with van der Waals surface area (Å²) in [5.41, 5.74) is 0.762. The highest BCUT2D eigenvalue weighted by Gasteiger charge is 2.44. The van der Waals surface area contributed by atoms with Crippen molar-refractivity contribution in [3.63, 3.8) is 0 Å². The van der Waals surface area contributed by atoms with Gasteiger partial charge in [-0.1, -0.05) is 6.08 Å². The second kappa shape index (κ2) is 9.16. The average molecular weight is 452 g/mol. The van der Waals surface area contributed by atoms with E-state index >= 15 is 0 Å². The fourth-order valence-electron chi connectivity index (χ4n) is 3.76. The molecule has 2 aliphatic heterocycles. The minimum atomic E-state index is -1.55. The lowest BCUT2D eigenvalue weighted by Crippen LogP contribution is -2.59. The van der Waals surface area contributed by atoms with Gasteiger partial charge in [-0.2, -0.15) is 0 Å². The number of phenolic OH excluding ortho intramolecular Hbond substituents is 1. The third-order valence-corrected chi connectivity index (χ3v) is 5.54. The van der Waals surface area contributed by atoms with Crippen molar-refractivity contribution < 1.29 is 49.3 Å². The highest BCUT2D eigenvalue weighted by molar-refractivity contribution is 5.88. The molecule has 2 aliphatic rings. The Hall–Kier alpha value is -2.51. The summed E-state index contributed by atoms with van der Waals surface area (Å²) in [5, 5.41) is 58.7. The van der Waals surface area contributed by atoms with Crippen LogP contribution in [0.4, 0.5) is 0 Å². The van der Waals surface area contributed by atoms with E-state index in [1.54, 1.807) is 6.08 Å². The molecular formula is C21H24O11. The first kappa shape index (κ1) is 22.7. The first-order valence-electron chi connectivity index (χ1n) is 9.99. The molecule has 32 heavy (non-hydrogen) atoms. The number of hydrogen-bond acceptors (Lipinski definition) is 11. The highest BCUT2D eigenvalue weighted by atomic mass is 16.7. The molecule has 0 unspecified atom stereocenters. The zero-order valence-corrected chi connectivity index (χ0v) is 16.9. The maximum Gasteiger partial charge on any atom is 0.196 e. The lowest BCUT2D eigenvalue weighted by atomic mass is 9.99. The number of phenols is 1. The van der Waals surface area contributed by atoms with Crippen LogP contribution in [0, 0.1) is 0 Å². The van der Waals surface area contributed by atoms with Crippen molar-refractivity contribution in [2.75, 3.05) is 19.8 Å². The van der Waals surface area contributed by atoms with Crippen LogP contribution in [0.1, 0.15) is 11.3 Å². The number of hydrogen-bond donors (Lipinski definition) is 6. The number of aliphatic hydroxyl groups excluding tert-OH is 5. The summed E-state index contributed by atoms with van der Waals surface area (Å²) in [4.78, 5) is 12.3. The molecule has 0 amide bonds. The predicted molar refractivity (Wildman–Crippen MR) is 107 cm³/mol. The van der Waals surface area contributed by atoms with Gasteiger partial charge in [-0.3, -0.25) is 4.79 Å². The monoisotopic (exact) mass is 452 g/mol. The van der Waals surface area contributed by atoms with Crippen LogP contribution in [-0.2, 0) is 22.5 Å². The van der Waals surface area contributed by atoms with Crippen LogP contribution in [0.3, 0.4) is 0 Å². The highest BCUT2D eigenvalue weighted by Crippen LogP contribution is 2.36. The van der Waals surface area contributed by atoms with E-state index in [1.165, 1.54) is 6.07 Å². The molecule has 3 heterocycles. The van der Waals surface area contributed by atoms with E-state index in [0.29, 0.717) is 16.9 Å². The van der Waals surface area contributed by atoms with Gasteiger partial charge in [0.1, 0.15) is 65.9 Å². The summed E-state index contributed by atoms with van der Waals surface area (Å²) >= 11 is 0. The molecule has 0 radical (unpaired) electrons. The van der Waals surface area contributed by atoms with Crippen molar-refractivity contribution in [1.82, 2.24) is 0 Å². The maximum absolute atomic E-state index is 12.3. The van der Waals surface area contributed by atoms with Crippen LogP contribution in [0.2, 0.25) is 0 Å². The first-order chi connectivity index (χ1) is 15.3. The number of aromatic hydroxyl groups is 1. The van der Waals surface area contributed by atoms with E-state index in [0.717, 1.165) is 6.07 Å². The summed E-state index contributed by atoms with van der Waals surface area (Å²) in [5.74, 6) is 0.0417. The van der Waals surface area contributed by atoms with Crippen LogP contribution in [-0.4, -0.2) is 81.2 Å². The fraction of sp³-hybridized carbons (Fsp3) is 0.476. The van der Waals surface area contributed by atoms with E-state index < -0.39 is 49.3 Å². The molecule has 2 aromatic rings. The molecule has 0 saturated carbocycles. The smallest absolute Gasteiger partial charge is 0.196 e. The zero-order valence-electron chi connectivity index (χ0n) is 16.9. The maximum atomic E-state index is 12.3. The molecule has 4 rings (SSSR count). The van der Waals surface area contributed by atoms with E-state index in [9.17, 15) is 35.4 Å². The standard InChI is InChI=1S/C21H24O11/c22-5-10-3-12(24)16-13(25)4-14-11(20(16)31-10)2-1-9(7-29-14)8-30-21-19(28)18(27)17(26)15(6-23)32-21/h1,3-4,15,17-19,21-23,25-28H,2,5-8H2/t15-,17+,18+,19-,21-/m0/s1. The van der Waals surface area contributed by atoms with Crippen LogP contribution in [0.15, 0.2) is 33.0 Å². The molecule has 1 saturated heterocycles. The summed E-state index contributed by atoms with van der Waals surface area (Å²) < 4.78 is 22.2. The Morgan fingerprint density at radius 1 is 1.09 bits per heavy atom. The molecule has 1 aromatic heterocycles. The summed E-state index contributed by atoms with van der Waals surface area (Å²) in [6.07, 6.45) is -4.90. The molecule has 1 aromatic carbocycles. The van der Waals surface area contributed by atoms with Crippen LogP contribution < -0.4 is 10.2 Å². The van der Waals surface area contributed by atoms with Crippen LogP contribution in [0.25, 0.3) is 11.0 Å². The molecule has 0 bridgehead atoms. The topological polar surface area (TPSA) is 179 Å². The Labute approximate surface area is 181 Å². The minimum absolute atomic E-state index is 0.0148. The van der Waals surface area contributed by atoms with Gasteiger partial charge < -0.3 is 49.3 Å². The molecule has 1 fully saturated rings. The van der Waals surface area contributed by atoms with E-state index in [-0.39, 0.29) is 42.1 Å². The van der Waals surface area contributed by atoms with Crippen LogP contribution >= 0.6 is 0 Å². The Kier molecular flexibility index (Phi) is 6.49.